The van der Waals surface area contributed by atoms with Gasteiger partial charge < -0.3 is 0 Å². The molecule has 4 aromatic heterocycles. The Kier molecular flexibility index (Phi) is 3.11. The van der Waals surface area contributed by atoms with E-state index in [1.807, 2.05) is 24.7 Å². The lowest BCUT2D eigenvalue weighted by Gasteiger charge is -2.12. The predicted octanol–water partition coefficient (Wildman–Crippen LogP) is 6.73. The van der Waals surface area contributed by atoms with Gasteiger partial charge in [0.05, 0.1) is 11.0 Å². The summed E-state index contributed by atoms with van der Waals surface area (Å²) in [5.41, 5.74) is 15.2. The first kappa shape index (κ1) is 17.8. The Balaban J connectivity index is 1.42. The molecule has 0 aliphatic heterocycles. The third kappa shape index (κ3) is 2.11. The standard InChI is InChI=1S/C31H18N4/c1-2-5-19-17(4-1)14-18-7-8-20-21-9-10-22-29(24(21)15-23(20)28(18)19)25-16-32-13-11-26(25)35-27-6-3-12-33-30(27)34-31(22)35/h1-13,16H,14-15H2. The molecule has 0 N–H and O–H groups in total. The summed E-state index contributed by atoms with van der Waals surface area (Å²) in [5.74, 6) is 0. The highest BCUT2D eigenvalue weighted by atomic mass is 15.1. The number of hydrogen-bond donors (Lipinski definition) is 0. The fraction of sp³-hybridized carbons (Fsp3) is 0.0645. The van der Waals surface area contributed by atoms with E-state index in [1.165, 1.54) is 55.3 Å². The van der Waals surface area contributed by atoms with E-state index in [0.29, 0.717) is 0 Å². The molecule has 0 bridgehead atoms. The molecule has 0 unspecified atom stereocenters. The molecular formula is C31H18N4. The largest absolute Gasteiger partial charge is 0.290 e. The fourth-order valence-corrected chi connectivity index (χ4v) is 6.61. The van der Waals surface area contributed by atoms with E-state index in [4.69, 9.17) is 4.98 Å². The molecule has 0 radical (unpaired) electrons. The van der Waals surface area contributed by atoms with Crippen LogP contribution in [0.3, 0.4) is 0 Å². The highest BCUT2D eigenvalue weighted by Gasteiger charge is 2.30. The first-order valence-corrected chi connectivity index (χ1v) is 12.0. The molecule has 0 saturated heterocycles. The van der Waals surface area contributed by atoms with E-state index in [9.17, 15) is 0 Å². The summed E-state index contributed by atoms with van der Waals surface area (Å²) in [6.45, 7) is 0. The Bertz CT molecular complexity index is 2070. The van der Waals surface area contributed by atoms with Gasteiger partial charge in [-0.2, -0.15) is 0 Å². The van der Waals surface area contributed by atoms with Gasteiger partial charge in [-0.25, -0.2) is 9.97 Å². The summed E-state index contributed by atoms with van der Waals surface area (Å²) >= 11 is 0. The van der Waals surface area contributed by atoms with Crippen molar-refractivity contribution in [2.24, 2.45) is 0 Å². The van der Waals surface area contributed by atoms with Crippen LogP contribution in [0, 0.1) is 0 Å². The summed E-state index contributed by atoms with van der Waals surface area (Å²) in [7, 11) is 0. The van der Waals surface area contributed by atoms with E-state index in [-0.39, 0.29) is 0 Å². The van der Waals surface area contributed by atoms with Gasteiger partial charge in [0.2, 0.25) is 0 Å². The van der Waals surface area contributed by atoms with E-state index in [1.54, 1.807) is 0 Å². The van der Waals surface area contributed by atoms with Crippen molar-refractivity contribution < 1.29 is 0 Å². The van der Waals surface area contributed by atoms with Gasteiger partial charge in [0.15, 0.2) is 5.65 Å². The molecule has 0 saturated carbocycles. The van der Waals surface area contributed by atoms with Crippen molar-refractivity contribution in [2.45, 2.75) is 12.8 Å². The maximum atomic E-state index is 4.99. The van der Waals surface area contributed by atoms with Crippen LogP contribution in [-0.4, -0.2) is 19.4 Å². The van der Waals surface area contributed by atoms with E-state index >= 15 is 0 Å². The summed E-state index contributed by atoms with van der Waals surface area (Å²) in [4.78, 5) is 14.1. The summed E-state index contributed by atoms with van der Waals surface area (Å²) < 4.78 is 2.24. The third-order valence-electron chi connectivity index (χ3n) is 8.00. The average molecular weight is 447 g/mol. The van der Waals surface area contributed by atoms with Crippen molar-refractivity contribution in [3.63, 3.8) is 0 Å². The molecule has 0 atom stereocenters. The molecule has 4 nitrogen and oxygen atoms in total. The van der Waals surface area contributed by atoms with Crippen LogP contribution in [0.2, 0.25) is 0 Å². The molecule has 4 heterocycles. The Morgan fingerprint density at radius 3 is 2.57 bits per heavy atom. The molecule has 35 heavy (non-hydrogen) atoms. The SMILES string of the molecule is c1ccc2c(c1)Cc1ccc3c(c1-2)Cc1c-3ccc2c1c1cnccc1n1c3cccnc3nc21. The monoisotopic (exact) mass is 446 g/mol. The van der Waals surface area contributed by atoms with Gasteiger partial charge in [0.25, 0.3) is 0 Å². The van der Waals surface area contributed by atoms with Gasteiger partial charge in [0.1, 0.15) is 5.65 Å². The molecule has 3 aromatic carbocycles. The number of imidazole rings is 1. The van der Waals surface area contributed by atoms with Gasteiger partial charge in [-0.05, 0) is 81.6 Å². The quantitative estimate of drug-likeness (QED) is 0.243. The van der Waals surface area contributed by atoms with Crippen LogP contribution in [0.25, 0.3) is 60.7 Å². The third-order valence-corrected chi connectivity index (χ3v) is 8.00. The molecular weight excluding hydrogens is 428 g/mol. The number of benzene rings is 3. The average Bonchev–Trinajstić information content (AvgIpc) is 3.59. The van der Waals surface area contributed by atoms with Gasteiger partial charge in [-0.1, -0.05) is 42.5 Å². The Morgan fingerprint density at radius 1 is 0.657 bits per heavy atom. The highest BCUT2D eigenvalue weighted by Crippen LogP contribution is 2.50. The van der Waals surface area contributed by atoms with Gasteiger partial charge in [0, 0.05) is 34.7 Å². The van der Waals surface area contributed by atoms with Crippen molar-refractivity contribution in [1.82, 2.24) is 19.4 Å². The van der Waals surface area contributed by atoms with E-state index in [0.717, 1.165) is 40.6 Å². The van der Waals surface area contributed by atoms with Crippen LogP contribution in [0.15, 0.2) is 85.3 Å². The van der Waals surface area contributed by atoms with Crippen molar-refractivity contribution in [2.75, 3.05) is 0 Å². The normalized spacial score (nSPS) is 13.5. The lowest BCUT2D eigenvalue weighted by molar-refractivity contribution is 1.24. The Morgan fingerprint density at radius 2 is 1.57 bits per heavy atom. The van der Waals surface area contributed by atoms with Crippen molar-refractivity contribution >= 4 is 38.5 Å². The Labute approximate surface area is 200 Å². The molecule has 9 rings (SSSR count). The summed E-state index contributed by atoms with van der Waals surface area (Å²) in [5, 5.41) is 3.59. The van der Waals surface area contributed by atoms with Crippen LogP contribution in [0.5, 0.6) is 0 Å². The van der Waals surface area contributed by atoms with Crippen molar-refractivity contribution in [3.05, 3.63) is 108 Å². The van der Waals surface area contributed by atoms with E-state index < -0.39 is 0 Å². The van der Waals surface area contributed by atoms with Gasteiger partial charge in [-0.15, -0.1) is 0 Å². The molecule has 7 aromatic rings. The Hall–Kier alpha value is -4.57. The maximum absolute atomic E-state index is 4.99. The second-order valence-corrected chi connectivity index (χ2v) is 9.66. The lowest BCUT2D eigenvalue weighted by atomic mass is 9.95. The van der Waals surface area contributed by atoms with Gasteiger partial charge >= 0.3 is 0 Å². The number of nitrogens with zero attached hydrogens (tertiary/aromatic N) is 4. The number of hydrogen-bond acceptors (Lipinski definition) is 3. The zero-order chi connectivity index (χ0) is 22.7. The minimum absolute atomic E-state index is 0.774. The molecule has 0 amide bonds. The number of rotatable bonds is 0. The van der Waals surface area contributed by atoms with Gasteiger partial charge in [-0.3, -0.25) is 9.38 Å². The van der Waals surface area contributed by atoms with Crippen molar-refractivity contribution in [3.8, 4) is 22.3 Å². The topological polar surface area (TPSA) is 43.1 Å². The molecule has 4 heteroatoms. The van der Waals surface area contributed by atoms with Crippen LogP contribution in [0.4, 0.5) is 0 Å². The second kappa shape index (κ2) is 6.10. The fourth-order valence-electron chi connectivity index (χ4n) is 6.61. The highest BCUT2D eigenvalue weighted by molar-refractivity contribution is 6.17. The number of pyridine rings is 3. The molecule has 2 aliphatic carbocycles. The van der Waals surface area contributed by atoms with Crippen LogP contribution >= 0.6 is 0 Å². The minimum Gasteiger partial charge on any atom is -0.290 e. The summed E-state index contributed by atoms with van der Waals surface area (Å²) in [6.07, 6.45) is 7.66. The summed E-state index contributed by atoms with van der Waals surface area (Å²) in [6, 6.07) is 24.3. The van der Waals surface area contributed by atoms with Crippen LogP contribution in [-0.2, 0) is 12.8 Å². The minimum atomic E-state index is 0.774. The molecule has 2 aliphatic rings. The molecule has 0 spiro atoms. The first-order valence-electron chi connectivity index (χ1n) is 12.0. The maximum Gasteiger partial charge on any atom is 0.178 e. The second-order valence-electron chi connectivity index (χ2n) is 9.66. The molecule has 162 valence electrons. The van der Waals surface area contributed by atoms with E-state index in [2.05, 4.69) is 75.0 Å². The smallest absolute Gasteiger partial charge is 0.178 e. The predicted molar refractivity (Wildman–Crippen MR) is 140 cm³/mol. The van der Waals surface area contributed by atoms with Crippen LogP contribution < -0.4 is 0 Å². The number of aromatic nitrogens is 4. The first-order chi connectivity index (χ1) is 17.4. The zero-order valence-electron chi connectivity index (χ0n) is 18.8. The lowest BCUT2D eigenvalue weighted by Crippen LogP contribution is -1.95. The zero-order valence-corrected chi connectivity index (χ0v) is 18.8. The number of fused-ring (bicyclic) bond motifs is 16. The van der Waals surface area contributed by atoms with Crippen molar-refractivity contribution in [1.29, 1.82) is 0 Å². The van der Waals surface area contributed by atoms with Crippen LogP contribution in [0.1, 0.15) is 22.3 Å². The molecule has 0 fully saturated rings.